The van der Waals surface area contributed by atoms with Gasteiger partial charge in [-0.1, -0.05) is 64.0 Å². The first-order valence-corrected chi connectivity index (χ1v) is 16.1. The van der Waals surface area contributed by atoms with Gasteiger partial charge >= 0.3 is 42.5 Å². The lowest BCUT2D eigenvalue weighted by Gasteiger charge is -2.36. The minimum Gasteiger partial charge on any atom is -0.372 e. The Bertz CT molecular complexity index is 1360. The molecule has 1 aromatic carbocycles. The van der Waals surface area contributed by atoms with E-state index in [1.807, 2.05) is 18.2 Å². The molecule has 0 aliphatic carbocycles. The van der Waals surface area contributed by atoms with Crippen molar-refractivity contribution < 1.29 is 80.1 Å². The van der Waals surface area contributed by atoms with Gasteiger partial charge in [-0.15, -0.1) is 0 Å². The van der Waals surface area contributed by atoms with Crippen LogP contribution in [0.1, 0.15) is 82.3 Å². The van der Waals surface area contributed by atoms with Crippen LogP contribution in [0, 0.1) is 0 Å². The van der Waals surface area contributed by atoms with Crippen molar-refractivity contribution >= 4 is 0 Å². The first-order valence-electron chi connectivity index (χ1n) is 16.1. The largest absolute Gasteiger partial charge is 0.460 e. The number of hydrogen-bond donors (Lipinski definition) is 0. The average molecular weight is 783 g/mol. The van der Waals surface area contributed by atoms with Crippen LogP contribution in [0.4, 0.5) is 65.9 Å². The van der Waals surface area contributed by atoms with Gasteiger partial charge in [-0.25, -0.2) is 19.4 Å². The van der Waals surface area contributed by atoms with Gasteiger partial charge < -0.3 is 4.74 Å². The van der Waals surface area contributed by atoms with Crippen LogP contribution in [0.15, 0.2) is 36.7 Å². The number of unbranched alkanes of at least 4 members (excludes halogenated alkanes) is 8. The number of halogens is 15. The summed E-state index contributed by atoms with van der Waals surface area (Å²) in [6.45, 7) is -0.636. The molecule has 0 spiro atoms. The predicted octanol–water partition coefficient (Wildman–Crippen LogP) is 11.4. The van der Waals surface area contributed by atoms with Crippen molar-refractivity contribution in [2.45, 2.75) is 126 Å². The van der Waals surface area contributed by atoms with Crippen molar-refractivity contribution in [1.82, 2.24) is 9.97 Å². The minimum atomic E-state index is -7.90. The second-order valence-electron chi connectivity index (χ2n) is 11.8. The van der Waals surface area contributed by atoms with Gasteiger partial charge in [0.1, 0.15) is 6.61 Å². The number of benzene rings is 1. The molecule has 298 valence electrons. The van der Waals surface area contributed by atoms with Gasteiger partial charge in [-0.3, -0.25) is 0 Å². The molecule has 0 amide bonds. The van der Waals surface area contributed by atoms with E-state index >= 15 is 0 Å². The molecule has 52 heavy (non-hydrogen) atoms. The summed E-state index contributed by atoms with van der Waals surface area (Å²) in [6, 6.07) is 7.59. The number of aromatic nitrogens is 2. The number of rotatable bonds is 24. The Balaban J connectivity index is 1.86. The summed E-state index contributed by atoms with van der Waals surface area (Å²) < 4.78 is 205. The second-order valence-corrected chi connectivity index (χ2v) is 11.8. The molecule has 0 aliphatic heterocycles. The Hall–Kier alpha value is -2.87. The van der Waals surface area contributed by atoms with Gasteiger partial charge in [0.05, 0.1) is 0 Å². The zero-order valence-electron chi connectivity index (χ0n) is 27.7. The van der Waals surface area contributed by atoms with Crippen molar-refractivity contribution in [1.29, 1.82) is 0 Å². The van der Waals surface area contributed by atoms with Crippen molar-refractivity contribution in [3.63, 3.8) is 0 Å². The third-order valence-corrected chi connectivity index (χ3v) is 7.57. The van der Waals surface area contributed by atoms with Crippen molar-refractivity contribution in [3.05, 3.63) is 47.8 Å². The molecule has 0 N–H and O–H groups in total. The summed E-state index contributed by atoms with van der Waals surface area (Å²) in [5.74, 6) is -15.1. The molecule has 0 atom stereocenters. The van der Waals surface area contributed by atoms with Gasteiger partial charge in [0.2, 0.25) is 0 Å². The average Bonchev–Trinajstić information content (AvgIpc) is 3.03. The topological polar surface area (TPSA) is 53.5 Å². The highest BCUT2D eigenvalue weighted by Crippen LogP contribution is 2.56. The van der Waals surface area contributed by atoms with E-state index in [-0.39, 0.29) is 6.42 Å². The quantitative estimate of drug-likeness (QED) is 0.0784. The van der Waals surface area contributed by atoms with Gasteiger partial charge in [0.25, 0.3) is 0 Å². The summed E-state index contributed by atoms with van der Waals surface area (Å²) >= 11 is 0. The third kappa shape index (κ3) is 12.3. The lowest BCUT2D eigenvalue weighted by Crippen LogP contribution is -2.64. The molecule has 0 saturated carbocycles. The molecule has 0 unspecified atom stereocenters. The predicted molar refractivity (Wildman–Crippen MR) is 155 cm³/mol. The highest BCUT2D eigenvalue weighted by Gasteiger charge is 2.85. The van der Waals surface area contributed by atoms with Crippen LogP contribution in [0.25, 0.3) is 11.4 Å². The molecule has 0 bridgehead atoms. The highest BCUT2D eigenvalue weighted by molar-refractivity contribution is 5.57. The molecule has 1 heterocycles. The summed E-state index contributed by atoms with van der Waals surface area (Å²) in [5.41, 5.74) is 3.05. The van der Waals surface area contributed by atoms with Crippen LogP contribution in [0.2, 0.25) is 0 Å². The molecular weight excluding hydrogens is 745 g/mol. The molecule has 2 aromatic rings. The van der Waals surface area contributed by atoms with Crippen LogP contribution in [-0.4, -0.2) is 65.6 Å². The number of alkyl halides is 15. The van der Waals surface area contributed by atoms with E-state index < -0.39 is 55.7 Å². The number of nitrogens with zero attached hydrogens (tertiary/aromatic N) is 2. The fourth-order valence-corrected chi connectivity index (χ4v) is 4.77. The molecule has 0 saturated heterocycles. The maximum absolute atomic E-state index is 13.8. The van der Waals surface area contributed by atoms with Crippen LogP contribution < -0.4 is 0 Å². The van der Waals surface area contributed by atoms with Crippen molar-refractivity contribution in [2.24, 2.45) is 0 Å². The van der Waals surface area contributed by atoms with E-state index in [9.17, 15) is 65.9 Å². The first kappa shape index (κ1) is 45.3. The maximum Gasteiger partial charge on any atom is 0.460 e. The molecular formula is C32H37F15N2O3. The minimum absolute atomic E-state index is 0.0510. The Labute approximate surface area is 289 Å². The Kier molecular flexibility index (Phi) is 16.1. The smallest absolute Gasteiger partial charge is 0.372 e. The molecule has 5 nitrogen and oxygen atoms in total. The summed E-state index contributed by atoms with van der Waals surface area (Å²) in [7, 11) is 0. The van der Waals surface area contributed by atoms with Gasteiger partial charge in [-0.05, 0) is 55.4 Å². The van der Waals surface area contributed by atoms with Crippen LogP contribution in [0.5, 0.6) is 0 Å². The van der Waals surface area contributed by atoms with E-state index in [0.717, 1.165) is 55.2 Å². The molecule has 1 aromatic heterocycles. The SMILES string of the molecule is CCCCCCCCc1cc(-c2ncccn2)ccc1CCCCCCOCC(F)(F)OC(F)(F)C(F)(F)OC(F)(F)C(F)(F)C(F)(F)C(F)(F)F. The lowest BCUT2D eigenvalue weighted by atomic mass is 9.94. The molecule has 0 aliphatic rings. The lowest BCUT2D eigenvalue weighted by molar-refractivity contribution is -0.543. The monoisotopic (exact) mass is 782 g/mol. The van der Waals surface area contributed by atoms with Crippen LogP contribution >= 0.6 is 0 Å². The van der Waals surface area contributed by atoms with Gasteiger partial charge in [-0.2, -0.15) is 65.9 Å². The zero-order valence-corrected chi connectivity index (χ0v) is 27.7. The normalized spacial score (nSPS) is 13.9. The summed E-state index contributed by atoms with van der Waals surface area (Å²) in [5, 5.41) is 0. The van der Waals surface area contributed by atoms with E-state index in [0.29, 0.717) is 31.5 Å². The van der Waals surface area contributed by atoms with Crippen LogP contribution in [0.3, 0.4) is 0 Å². The third-order valence-electron chi connectivity index (χ3n) is 7.57. The molecule has 0 fully saturated rings. The van der Waals surface area contributed by atoms with Crippen molar-refractivity contribution in [3.8, 4) is 11.4 Å². The van der Waals surface area contributed by atoms with E-state index in [4.69, 9.17) is 0 Å². The maximum atomic E-state index is 13.8. The Morgan fingerprint density at radius 3 is 1.65 bits per heavy atom. The second kappa shape index (κ2) is 18.4. The first-order chi connectivity index (χ1) is 23.9. The zero-order chi connectivity index (χ0) is 39.5. The van der Waals surface area contributed by atoms with Crippen LogP contribution in [-0.2, 0) is 27.1 Å². The summed E-state index contributed by atoms with van der Waals surface area (Å²) in [4.78, 5) is 8.56. The Morgan fingerprint density at radius 2 is 1.08 bits per heavy atom. The fraction of sp³-hybridized carbons (Fsp3) is 0.688. The number of aryl methyl sites for hydroxylation is 2. The highest BCUT2D eigenvalue weighted by atomic mass is 19.4. The number of ether oxygens (including phenoxy) is 3. The number of hydrogen-bond acceptors (Lipinski definition) is 5. The van der Waals surface area contributed by atoms with E-state index in [1.165, 1.54) is 6.42 Å². The summed E-state index contributed by atoms with van der Waals surface area (Å²) in [6.07, 6.45) is -21.9. The Morgan fingerprint density at radius 1 is 0.558 bits per heavy atom. The van der Waals surface area contributed by atoms with Gasteiger partial charge in [0, 0.05) is 24.6 Å². The standard InChI is InChI=1S/C32H37F15N2O3/c1-2-3-4-5-6-10-14-23-20-24(25-48-17-12-18-49-25)16-15-22(23)13-9-7-8-11-19-50-21-26(33,34)51-31(44,45)32(46,47)52-30(42,43)28(37,38)27(35,36)29(39,40)41/h12,15-18,20H,2-11,13-14,19,21H2,1H3. The van der Waals surface area contributed by atoms with E-state index in [2.05, 4.69) is 26.4 Å². The molecule has 0 radical (unpaired) electrons. The molecule has 2 rings (SSSR count). The van der Waals surface area contributed by atoms with Gasteiger partial charge in [0.15, 0.2) is 5.82 Å². The fourth-order valence-electron chi connectivity index (χ4n) is 4.77. The molecule has 20 heteroatoms. The van der Waals surface area contributed by atoms with Crippen molar-refractivity contribution in [2.75, 3.05) is 13.2 Å². The van der Waals surface area contributed by atoms with E-state index in [1.54, 1.807) is 23.2 Å².